The van der Waals surface area contributed by atoms with Crippen LogP contribution in [0.1, 0.15) is 10.4 Å². The summed E-state index contributed by atoms with van der Waals surface area (Å²) in [4.78, 5) is 17.1. The van der Waals surface area contributed by atoms with Crippen molar-refractivity contribution in [1.29, 1.82) is 0 Å². The number of amides is 1. The highest BCUT2D eigenvalue weighted by Crippen LogP contribution is 2.13. The number of hydrogen-bond donors (Lipinski definition) is 2. The summed E-state index contributed by atoms with van der Waals surface area (Å²) in [6.45, 7) is 0. The number of anilines is 2. The molecule has 0 unspecified atom stereocenters. The van der Waals surface area contributed by atoms with Gasteiger partial charge in [0.2, 0.25) is 5.95 Å². The van der Waals surface area contributed by atoms with E-state index in [4.69, 9.17) is 0 Å². The van der Waals surface area contributed by atoms with Crippen molar-refractivity contribution in [3.63, 3.8) is 0 Å². The van der Waals surface area contributed by atoms with Crippen molar-refractivity contribution < 1.29 is 4.79 Å². The Hall–Kier alpha value is -2.37. The lowest BCUT2D eigenvalue weighted by atomic mass is 10.2. The van der Waals surface area contributed by atoms with Crippen molar-refractivity contribution in [2.24, 2.45) is 0 Å². The van der Waals surface area contributed by atoms with E-state index in [2.05, 4.69) is 20.5 Å². The molecule has 1 aromatic heterocycles. The zero-order chi connectivity index (χ0) is 12.3. The number of nitrogens with one attached hydrogen (secondary N) is 2. The largest absolute Gasteiger partial charge is 0.345 e. The van der Waals surface area contributed by atoms with E-state index in [9.17, 15) is 4.79 Å². The lowest BCUT2D eigenvalue weighted by Crippen LogP contribution is -2.21. The van der Waals surface area contributed by atoms with Crippen molar-refractivity contribution in [2.75, 3.05) is 19.4 Å². The first-order chi connectivity index (χ1) is 8.16. The van der Waals surface area contributed by atoms with E-state index in [0.29, 0.717) is 11.5 Å². The molecule has 1 heterocycles. The van der Waals surface area contributed by atoms with Gasteiger partial charge in [-0.15, -0.1) is 5.10 Å². The summed E-state index contributed by atoms with van der Waals surface area (Å²) in [5, 5.41) is 9.49. The monoisotopic (exact) mass is 231 g/mol. The van der Waals surface area contributed by atoms with Crippen LogP contribution in [0.4, 0.5) is 11.6 Å². The Balaban J connectivity index is 2.10. The molecule has 0 fully saturated rings. The third-order valence-corrected chi connectivity index (χ3v) is 2.21. The molecule has 2 aromatic rings. The maximum absolute atomic E-state index is 11.6. The van der Waals surface area contributed by atoms with Crippen LogP contribution >= 0.6 is 0 Å². The number of carbonyl (C=O) groups excluding carboxylic acids is 1. The van der Waals surface area contributed by atoms with E-state index in [0.717, 1.165) is 5.69 Å². The lowest BCUT2D eigenvalue weighted by molar-refractivity contribution is 0.0827. The summed E-state index contributed by atoms with van der Waals surface area (Å²) in [6, 6.07) is 7.15. The van der Waals surface area contributed by atoms with Gasteiger partial charge < -0.3 is 10.2 Å². The first kappa shape index (κ1) is 11.1. The van der Waals surface area contributed by atoms with Crippen LogP contribution in [-0.4, -0.2) is 40.1 Å². The Morgan fingerprint density at radius 1 is 1.29 bits per heavy atom. The second-order valence-corrected chi connectivity index (χ2v) is 3.72. The number of carbonyl (C=O) groups is 1. The van der Waals surface area contributed by atoms with Gasteiger partial charge in [-0.25, -0.2) is 4.98 Å². The average molecular weight is 231 g/mol. The Morgan fingerprint density at radius 2 is 2.00 bits per heavy atom. The fourth-order valence-electron chi connectivity index (χ4n) is 1.35. The molecule has 0 aliphatic carbocycles. The molecular formula is C11H13N5O. The zero-order valence-corrected chi connectivity index (χ0v) is 9.64. The van der Waals surface area contributed by atoms with Gasteiger partial charge >= 0.3 is 0 Å². The standard InChI is InChI=1S/C11H13N5O/c1-16(2)10(17)8-3-5-9(6-4-8)14-11-12-7-13-15-11/h3-7H,1-2H3,(H2,12,13,14,15). The summed E-state index contributed by atoms with van der Waals surface area (Å²) >= 11 is 0. The molecule has 0 radical (unpaired) electrons. The smallest absolute Gasteiger partial charge is 0.253 e. The van der Waals surface area contributed by atoms with Crippen LogP contribution in [0.25, 0.3) is 0 Å². The summed E-state index contributed by atoms with van der Waals surface area (Å²) < 4.78 is 0. The minimum absolute atomic E-state index is 0.0190. The molecule has 2 N–H and O–H groups in total. The molecule has 1 amide bonds. The molecule has 0 aliphatic heterocycles. The molecule has 2 rings (SSSR count). The van der Waals surface area contributed by atoms with Crippen molar-refractivity contribution in [1.82, 2.24) is 20.1 Å². The van der Waals surface area contributed by atoms with Crippen molar-refractivity contribution in [2.45, 2.75) is 0 Å². The van der Waals surface area contributed by atoms with E-state index in [1.165, 1.54) is 11.2 Å². The fraction of sp³-hybridized carbons (Fsp3) is 0.182. The lowest BCUT2D eigenvalue weighted by Gasteiger charge is -2.10. The Kier molecular flexibility index (Phi) is 3.04. The maximum Gasteiger partial charge on any atom is 0.253 e. The molecule has 6 nitrogen and oxygen atoms in total. The molecule has 0 bridgehead atoms. The van der Waals surface area contributed by atoms with Gasteiger partial charge in [0, 0.05) is 25.3 Å². The van der Waals surface area contributed by atoms with Crippen molar-refractivity contribution in [3.05, 3.63) is 36.2 Å². The van der Waals surface area contributed by atoms with Gasteiger partial charge in [-0.2, -0.15) is 0 Å². The SMILES string of the molecule is CN(C)C(=O)c1ccc(Nc2nc[nH]n2)cc1. The van der Waals surface area contributed by atoms with E-state index in [-0.39, 0.29) is 5.91 Å². The number of hydrogen-bond acceptors (Lipinski definition) is 4. The molecule has 88 valence electrons. The summed E-state index contributed by atoms with van der Waals surface area (Å²) in [7, 11) is 3.45. The third kappa shape index (κ3) is 2.60. The minimum atomic E-state index is -0.0190. The van der Waals surface area contributed by atoms with Crippen LogP contribution in [0.5, 0.6) is 0 Å². The first-order valence-electron chi connectivity index (χ1n) is 5.11. The van der Waals surface area contributed by atoms with E-state index >= 15 is 0 Å². The second kappa shape index (κ2) is 4.65. The van der Waals surface area contributed by atoms with Crippen LogP contribution in [0, 0.1) is 0 Å². The van der Waals surface area contributed by atoms with Crippen molar-refractivity contribution in [3.8, 4) is 0 Å². The normalized spacial score (nSPS) is 10.0. The van der Waals surface area contributed by atoms with Crippen LogP contribution < -0.4 is 5.32 Å². The molecule has 6 heteroatoms. The molecular weight excluding hydrogens is 218 g/mol. The number of nitrogens with zero attached hydrogens (tertiary/aromatic N) is 3. The topological polar surface area (TPSA) is 73.9 Å². The number of benzene rings is 1. The third-order valence-electron chi connectivity index (χ3n) is 2.21. The van der Waals surface area contributed by atoms with Gasteiger partial charge in [0.1, 0.15) is 6.33 Å². The van der Waals surface area contributed by atoms with Gasteiger partial charge in [0.15, 0.2) is 0 Å². The molecule has 0 atom stereocenters. The van der Waals surface area contributed by atoms with Gasteiger partial charge in [-0.1, -0.05) is 0 Å². The van der Waals surface area contributed by atoms with E-state index < -0.39 is 0 Å². The second-order valence-electron chi connectivity index (χ2n) is 3.72. The van der Waals surface area contributed by atoms with Gasteiger partial charge in [0.25, 0.3) is 5.91 Å². The quantitative estimate of drug-likeness (QED) is 0.833. The van der Waals surface area contributed by atoms with Gasteiger partial charge in [0.05, 0.1) is 0 Å². The highest BCUT2D eigenvalue weighted by atomic mass is 16.2. The fourth-order valence-corrected chi connectivity index (χ4v) is 1.35. The Morgan fingerprint density at radius 3 is 2.53 bits per heavy atom. The summed E-state index contributed by atoms with van der Waals surface area (Å²) in [5.41, 5.74) is 1.48. The molecule has 0 aliphatic rings. The maximum atomic E-state index is 11.6. The molecule has 1 aromatic carbocycles. The molecule has 0 saturated carbocycles. The summed E-state index contributed by atoms with van der Waals surface area (Å²) in [6.07, 6.45) is 1.49. The number of aromatic nitrogens is 3. The number of rotatable bonds is 3. The Bertz CT molecular complexity index is 489. The van der Waals surface area contributed by atoms with Crippen LogP contribution in [0.15, 0.2) is 30.6 Å². The Labute approximate surface area is 98.7 Å². The highest BCUT2D eigenvalue weighted by Gasteiger charge is 2.07. The van der Waals surface area contributed by atoms with Crippen molar-refractivity contribution >= 4 is 17.5 Å². The van der Waals surface area contributed by atoms with Crippen LogP contribution in [0.3, 0.4) is 0 Å². The molecule has 0 saturated heterocycles. The van der Waals surface area contributed by atoms with E-state index in [1.54, 1.807) is 26.2 Å². The van der Waals surface area contributed by atoms with Gasteiger partial charge in [-0.05, 0) is 24.3 Å². The average Bonchev–Trinajstić information content (AvgIpc) is 2.82. The predicted molar refractivity (Wildman–Crippen MR) is 64.1 cm³/mol. The molecule has 17 heavy (non-hydrogen) atoms. The molecule has 0 spiro atoms. The predicted octanol–water partition coefficient (Wildman–Crippen LogP) is 1.25. The number of H-pyrrole nitrogens is 1. The van der Waals surface area contributed by atoms with E-state index in [1.807, 2.05) is 12.1 Å². The zero-order valence-electron chi connectivity index (χ0n) is 9.64. The highest BCUT2D eigenvalue weighted by molar-refractivity contribution is 5.94. The number of aromatic amines is 1. The van der Waals surface area contributed by atoms with Crippen LogP contribution in [0.2, 0.25) is 0 Å². The van der Waals surface area contributed by atoms with Gasteiger partial charge in [-0.3, -0.25) is 9.89 Å². The van der Waals surface area contributed by atoms with Crippen LogP contribution in [-0.2, 0) is 0 Å². The first-order valence-corrected chi connectivity index (χ1v) is 5.11. The minimum Gasteiger partial charge on any atom is -0.345 e. The summed E-state index contributed by atoms with van der Waals surface area (Å²) in [5.74, 6) is 0.478.